The van der Waals surface area contributed by atoms with E-state index in [0.29, 0.717) is 18.5 Å². The first-order valence-corrected chi connectivity index (χ1v) is 11.6. The fraction of sp³-hybridized carbons (Fsp3) is 0.565. The van der Waals surface area contributed by atoms with Crippen LogP contribution in [0.2, 0.25) is 0 Å². The summed E-state index contributed by atoms with van der Waals surface area (Å²) in [6.45, 7) is 5.38. The van der Waals surface area contributed by atoms with Crippen molar-refractivity contribution >= 4 is 17.0 Å². The highest BCUT2D eigenvalue weighted by molar-refractivity contribution is 5.80. The molecule has 184 valence electrons. The summed E-state index contributed by atoms with van der Waals surface area (Å²) in [6.07, 6.45) is 4.28. The lowest BCUT2D eigenvalue weighted by Gasteiger charge is -2.32. The lowest BCUT2D eigenvalue weighted by Crippen LogP contribution is -2.37. The standard InChI is InChI=1S/C23H33N7O4/c1-14(12-31)26-21(32)20-27-22(29-23(28-20)34-15(2)13-33-3)30-9-6-16(7-10-30)18-11-25-19-17(18)5-4-8-24-19/h4-5,8,11,14-16,21,26,31-32H,6-7,9-10,12-13H2,1-3H3,(H,24,25)/t14-,15-,21?/m1/s1. The van der Waals surface area contributed by atoms with Crippen molar-refractivity contribution in [3.63, 3.8) is 0 Å². The fourth-order valence-corrected chi connectivity index (χ4v) is 4.23. The second kappa shape index (κ2) is 11.0. The van der Waals surface area contributed by atoms with Crippen LogP contribution in [0.4, 0.5) is 5.95 Å². The third-order valence-corrected chi connectivity index (χ3v) is 5.99. The first kappa shape index (κ1) is 24.3. The van der Waals surface area contributed by atoms with Gasteiger partial charge >= 0.3 is 6.01 Å². The van der Waals surface area contributed by atoms with E-state index in [-0.39, 0.29) is 30.6 Å². The van der Waals surface area contributed by atoms with Gasteiger partial charge in [-0.25, -0.2) is 4.98 Å². The van der Waals surface area contributed by atoms with E-state index in [1.165, 1.54) is 10.9 Å². The Labute approximate surface area is 198 Å². The maximum atomic E-state index is 10.6. The molecule has 4 rings (SSSR count). The molecule has 0 bridgehead atoms. The molecule has 11 heteroatoms. The van der Waals surface area contributed by atoms with E-state index in [0.717, 1.165) is 31.6 Å². The molecule has 0 amide bonds. The van der Waals surface area contributed by atoms with Crippen molar-refractivity contribution in [1.82, 2.24) is 30.2 Å². The summed E-state index contributed by atoms with van der Waals surface area (Å²) in [5.41, 5.74) is 2.20. The van der Waals surface area contributed by atoms with Gasteiger partial charge in [-0.05, 0) is 50.3 Å². The number of aliphatic hydroxyl groups is 2. The lowest BCUT2D eigenvalue weighted by molar-refractivity contribution is 0.0803. The Bertz CT molecular complexity index is 1070. The topological polar surface area (TPSA) is 142 Å². The second-order valence-electron chi connectivity index (χ2n) is 8.72. The first-order valence-electron chi connectivity index (χ1n) is 11.6. The maximum absolute atomic E-state index is 10.6. The molecule has 1 aliphatic heterocycles. The van der Waals surface area contributed by atoms with Gasteiger partial charge in [-0.2, -0.15) is 15.0 Å². The molecule has 3 atom stereocenters. The molecule has 34 heavy (non-hydrogen) atoms. The molecular formula is C23H33N7O4. The van der Waals surface area contributed by atoms with Crippen LogP contribution in [0.15, 0.2) is 24.5 Å². The van der Waals surface area contributed by atoms with E-state index in [9.17, 15) is 10.2 Å². The normalized spacial score (nSPS) is 17.6. The number of hydrogen-bond acceptors (Lipinski definition) is 10. The van der Waals surface area contributed by atoms with Gasteiger partial charge in [0, 0.05) is 44.0 Å². The molecule has 0 saturated carbocycles. The van der Waals surface area contributed by atoms with Crippen molar-refractivity contribution in [2.75, 3.05) is 38.3 Å². The minimum Gasteiger partial charge on any atom is -0.458 e. The number of anilines is 1. The zero-order chi connectivity index (χ0) is 24.1. The fourth-order valence-electron chi connectivity index (χ4n) is 4.23. The number of fused-ring (bicyclic) bond motifs is 1. The molecular weight excluding hydrogens is 438 g/mol. The van der Waals surface area contributed by atoms with Gasteiger partial charge in [0.05, 0.1) is 13.2 Å². The van der Waals surface area contributed by atoms with Crippen LogP contribution in [0.3, 0.4) is 0 Å². The molecule has 0 aliphatic carbocycles. The highest BCUT2D eigenvalue weighted by Crippen LogP contribution is 2.33. The van der Waals surface area contributed by atoms with Crippen LogP contribution >= 0.6 is 0 Å². The molecule has 3 aromatic rings. The number of aromatic nitrogens is 5. The zero-order valence-electron chi connectivity index (χ0n) is 19.8. The molecule has 1 saturated heterocycles. The van der Waals surface area contributed by atoms with Crippen molar-refractivity contribution in [1.29, 1.82) is 0 Å². The van der Waals surface area contributed by atoms with Gasteiger partial charge in [-0.1, -0.05) is 0 Å². The summed E-state index contributed by atoms with van der Waals surface area (Å²) in [4.78, 5) is 23.1. The molecule has 1 fully saturated rings. The summed E-state index contributed by atoms with van der Waals surface area (Å²) in [5, 5.41) is 23.9. The number of methoxy groups -OCH3 is 1. The van der Waals surface area contributed by atoms with Crippen molar-refractivity contribution in [2.45, 2.75) is 51.0 Å². The number of hydrogen-bond donors (Lipinski definition) is 4. The van der Waals surface area contributed by atoms with E-state index in [1.54, 1.807) is 20.2 Å². The number of nitrogens with one attached hydrogen (secondary N) is 2. The highest BCUT2D eigenvalue weighted by atomic mass is 16.5. The Hall–Kier alpha value is -2.86. The Kier molecular flexibility index (Phi) is 7.88. The van der Waals surface area contributed by atoms with Crippen LogP contribution in [0.1, 0.15) is 50.2 Å². The number of nitrogens with zero attached hydrogens (tertiary/aromatic N) is 5. The zero-order valence-corrected chi connectivity index (χ0v) is 19.8. The van der Waals surface area contributed by atoms with E-state index < -0.39 is 6.23 Å². The monoisotopic (exact) mass is 471 g/mol. The summed E-state index contributed by atoms with van der Waals surface area (Å²) < 4.78 is 11.0. The average molecular weight is 472 g/mol. The molecule has 11 nitrogen and oxygen atoms in total. The Morgan fingerprint density at radius 1 is 1.24 bits per heavy atom. The van der Waals surface area contributed by atoms with E-state index in [4.69, 9.17) is 9.47 Å². The highest BCUT2D eigenvalue weighted by Gasteiger charge is 2.26. The van der Waals surface area contributed by atoms with Crippen LogP contribution in [-0.2, 0) is 4.74 Å². The number of aromatic amines is 1. The summed E-state index contributed by atoms with van der Waals surface area (Å²) in [7, 11) is 1.60. The maximum Gasteiger partial charge on any atom is 0.321 e. The second-order valence-corrected chi connectivity index (χ2v) is 8.72. The lowest BCUT2D eigenvalue weighted by atomic mass is 9.89. The van der Waals surface area contributed by atoms with E-state index >= 15 is 0 Å². The molecule has 4 N–H and O–H groups in total. The number of rotatable bonds is 10. The van der Waals surface area contributed by atoms with Crippen molar-refractivity contribution in [3.8, 4) is 6.01 Å². The minimum absolute atomic E-state index is 0.125. The molecule has 4 heterocycles. The molecule has 1 unspecified atom stereocenters. The quantitative estimate of drug-likeness (QED) is 0.321. The smallest absolute Gasteiger partial charge is 0.321 e. The molecule has 1 aliphatic rings. The largest absolute Gasteiger partial charge is 0.458 e. The summed E-state index contributed by atoms with van der Waals surface area (Å²) in [5.74, 6) is 1.02. The number of pyridine rings is 1. The van der Waals surface area contributed by atoms with Gasteiger partial charge in [0.15, 0.2) is 12.1 Å². The van der Waals surface area contributed by atoms with Crippen LogP contribution < -0.4 is 15.0 Å². The number of piperidine rings is 1. The van der Waals surface area contributed by atoms with Crippen molar-refractivity contribution in [3.05, 3.63) is 35.9 Å². The van der Waals surface area contributed by atoms with E-state index in [1.807, 2.05) is 13.0 Å². The molecule has 0 radical (unpaired) electrons. The molecule has 0 spiro atoms. The average Bonchev–Trinajstić information content (AvgIpc) is 3.28. The number of H-pyrrole nitrogens is 1. The van der Waals surface area contributed by atoms with Gasteiger partial charge in [0.25, 0.3) is 0 Å². The SMILES string of the molecule is COC[C@@H](C)Oc1nc(C(O)N[C@H](C)CO)nc(N2CCC(c3c[nH]c4ncccc34)CC2)n1. The Balaban J connectivity index is 1.52. The van der Waals surface area contributed by atoms with Crippen molar-refractivity contribution < 1.29 is 19.7 Å². The molecule has 0 aromatic carbocycles. The van der Waals surface area contributed by atoms with Gasteiger partial charge in [0.1, 0.15) is 11.8 Å². The van der Waals surface area contributed by atoms with Crippen LogP contribution in [0.5, 0.6) is 6.01 Å². The third kappa shape index (κ3) is 5.61. The number of aliphatic hydroxyl groups excluding tert-OH is 2. The minimum atomic E-state index is -1.17. The number of ether oxygens (including phenoxy) is 2. The molecule has 3 aromatic heterocycles. The summed E-state index contributed by atoms with van der Waals surface area (Å²) in [6, 6.07) is 3.87. The summed E-state index contributed by atoms with van der Waals surface area (Å²) >= 11 is 0. The van der Waals surface area contributed by atoms with Crippen LogP contribution in [0.25, 0.3) is 11.0 Å². The Morgan fingerprint density at radius 3 is 2.76 bits per heavy atom. The van der Waals surface area contributed by atoms with Crippen molar-refractivity contribution in [2.24, 2.45) is 0 Å². The predicted octanol–water partition coefficient (Wildman–Crippen LogP) is 1.51. The van der Waals surface area contributed by atoms with Crippen LogP contribution in [0, 0.1) is 0 Å². The Morgan fingerprint density at radius 2 is 2.03 bits per heavy atom. The van der Waals surface area contributed by atoms with Gasteiger partial charge in [-0.3, -0.25) is 5.32 Å². The predicted molar refractivity (Wildman–Crippen MR) is 127 cm³/mol. The van der Waals surface area contributed by atoms with Crippen LogP contribution in [-0.4, -0.2) is 80.7 Å². The van der Waals surface area contributed by atoms with Gasteiger partial charge in [0.2, 0.25) is 5.95 Å². The first-order chi connectivity index (χ1) is 16.5. The third-order valence-electron chi connectivity index (χ3n) is 5.99. The van der Waals surface area contributed by atoms with Gasteiger partial charge < -0.3 is 29.6 Å². The van der Waals surface area contributed by atoms with E-state index in [2.05, 4.69) is 47.4 Å². The van der Waals surface area contributed by atoms with Gasteiger partial charge in [-0.15, -0.1) is 0 Å².